The first-order chi connectivity index (χ1) is 10.0. The molecule has 21 heavy (non-hydrogen) atoms. The molecule has 4 heteroatoms. The number of halogens is 2. The molecule has 0 bridgehead atoms. The minimum Gasteiger partial charge on any atom is -0.497 e. The fourth-order valence-electron chi connectivity index (χ4n) is 2.32. The Morgan fingerprint density at radius 3 is 2.52 bits per heavy atom. The summed E-state index contributed by atoms with van der Waals surface area (Å²) in [7, 11) is 1.65. The lowest BCUT2D eigenvalue weighted by molar-refractivity contribution is 0.412. The first kappa shape index (κ1) is 16.0. The molecule has 0 saturated carbocycles. The maximum atomic E-state index is 14.0. The van der Waals surface area contributed by atoms with E-state index in [4.69, 9.17) is 4.74 Å². The van der Waals surface area contributed by atoms with Crippen molar-refractivity contribution in [2.45, 2.75) is 25.9 Å². The van der Waals surface area contributed by atoms with Crippen LogP contribution in [-0.2, 0) is 0 Å². The highest BCUT2D eigenvalue weighted by molar-refractivity contribution is 9.10. The van der Waals surface area contributed by atoms with E-state index in [0.29, 0.717) is 5.56 Å². The second kappa shape index (κ2) is 7.05. The highest BCUT2D eigenvalue weighted by Crippen LogP contribution is 2.25. The Morgan fingerprint density at radius 2 is 1.86 bits per heavy atom. The second-order valence-electron chi connectivity index (χ2n) is 5.05. The summed E-state index contributed by atoms with van der Waals surface area (Å²) in [5, 5.41) is 3.41. The summed E-state index contributed by atoms with van der Waals surface area (Å²) in [6.07, 6.45) is 0. The van der Waals surface area contributed by atoms with Gasteiger partial charge in [-0.25, -0.2) is 4.39 Å². The van der Waals surface area contributed by atoms with Crippen molar-refractivity contribution in [3.05, 3.63) is 63.9 Å². The van der Waals surface area contributed by atoms with E-state index in [9.17, 15) is 4.39 Å². The van der Waals surface area contributed by atoms with E-state index in [-0.39, 0.29) is 17.9 Å². The van der Waals surface area contributed by atoms with Crippen LogP contribution >= 0.6 is 15.9 Å². The van der Waals surface area contributed by atoms with Crippen LogP contribution in [0.3, 0.4) is 0 Å². The third-order valence-corrected chi connectivity index (χ3v) is 4.02. The van der Waals surface area contributed by atoms with Gasteiger partial charge in [-0.15, -0.1) is 0 Å². The lowest BCUT2D eigenvalue weighted by atomic mass is 10.0. The van der Waals surface area contributed by atoms with Crippen LogP contribution in [-0.4, -0.2) is 7.11 Å². The molecule has 2 aromatic carbocycles. The van der Waals surface area contributed by atoms with Crippen molar-refractivity contribution in [1.82, 2.24) is 5.32 Å². The molecule has 0 saturated heterocycles. The van der Waals surface area contributed by atoms with E-state index < -0.39 is 0 Å². The van der Waals surface area contributed by atoms with E-state index in [1.165, 1.54) is 6.07 Å². The Labute approximate surface area is 133 Å². The van der Waals surface area contributed by atoms with Gasteiger partial charge < -0.3 is 10.1 Å². The summed E-state index contributed by atoms with van der Waals surface area (Å²) in [6.45, 7) is 4.02. The standard InChI is InChI=1S/C17H19BrFNO/c1-11(13-5-4-6-15(9-13)21-3)20-12(2)16-8-7-14(18)10-17(16)19/h4-12,20H,1-3H3/t11-,12?/m0/s1. The molecule has 0 radical (unpaired) electrons. The van der Waals surface area contributed by atoms with Gasteiger partial charge in [0.2, 0.25) is 0 Å². The first-order valence-electron chi connectivity index (χ1n) is 6.86. The maximum absolute atomic E-state index is 14.0. The number of methoxy groups -OCH3 is 1. The third kappa shape index (κ3) is 4.05. The summed E-state index contributed by atoms with van der Waals surface area (Å²) in [5.41, 5.74) is 1.77. The van der Waals surface area contributed by atoms with E-state index >= 15 is 0 Å². The molecule has 2 atom stereocenters. The van der Waals surface area contributed by atoms with Crippen molar-refractivity contribution in [3.8, 4) is 5.75 Å². The zero-order chi connectivity index (χ0) is 15.4. The molecular formula is C17H19BrFNO. The van der Waals surface area contributed by atoms with Crippen LogP contribution in [0, 0.1) is 5.82 Å². The van der Waals surface area contributed by atoms with Gasteiger partial charge in [0.15, 0.2) is 0 Å². The van der Waals surface area contributed by atoms with Gasteiger partial charge in [0.05, 0.1) is 7.11 Å². The molecule has 0 aliphatic rings. The quantitative estimate of drug-likeness (QED) is 0.817. The highest BCUT2D eigenvalue weighted by Gasteiger charge is 2.15. The highest BCUT2D eigenvalue weighted by atomic mass is 79.9. The van der Waals surface area contributed by atoms with Crippen molar-refractivity contribution < 1.29 is 9.13 Å². The predicted molar refractivity (Wildman–Crippen MR) is 87.1 cm³/mol. The topological polar surface area (TPSA) is 21.3 Å². The third-order valence-electron chi connectivity index (χ3n) is 3.52. The Bertz CT molecular complexity index is 617. The van der Waals surface area contributed by atoms with Gasteiger partial charge in [-0.3, -0.25) is 0 Å². The summed E-state index contributed by atoms with van der Waals surface area (Å²) >= 11 is 3.27. The molecule has 2 nitrogen and oxygen atoms in total. The number of hydrogen-bond acceptors (Lipinski definition) is 2. The van der Waals surface area contributed by atoms with Gasteiger partial charge in [-0.05, 0) is 43.7 Å². The Hall–Kier alpha value is -1.39. The molecule has 2 rings (SSSR count). The number of ether oxygens (including phenoxy) is 1. The van der Waals surface area contributed by atoms with E-state index in [0.717, 1.165) is 15.8 Å². The first-order valence-corrected chi connectivity index (χ1v) is 7.65. The average Bonchev–Trinajstić information content (AvgIpc) is 2.47. The SMILES string of the molecule is COc1cccc([C@H](C)NC(C)c2ccc(Br)cc2F)c1. The van der Waals surface area contributed by atoms with E-state index in [2.05, 4.69) is 28.2 Å². The van der Waals surface area contributed by atoms with Crippen molar-refractivity contribution in [2.24, 2.45) is 0 Å². The largest absolute Gasteiger partial charge is 0.497 e. The smallest absolute Gasteiger partial charge is 0.129 e. The van der Waals surface area contributed by atoms with Gasteiger partial charge >= 0.3 is 0 Å². The van der Waals surface area contributed by atoms with Gasteiger partial charge in [0.1, 0.15) is 11.6 Å². The van der Waals surface area contributed by atoms with E-state index in [1.807, 2.05) is 37.3 Å². The molecule has 112 valence electrons. The Kier molecular flexibility index (Phi) is 5.37. The number of rotatable bonds is 5. The molecule has 0 spiro atoms. The summed E-state index contributed by atoms with van der Waals surface area (Å²) in [5.74, 6) is 0.617. The molecule has 0 amide bonds. The van der Waals surface area contributed by atoms with Crippen LogP contribution in [0.25, 0.3) is 0 Å². The van der Waals surface area contributed by atoms with E-state index in [1.54, 1.807) is 13.2 Å². The zero-order valence-corrected chi connectivity index (χ0v) is 13.9. The molecule has 0 aromatic heterocycles. The van der Waals surface area contributed by atoms with Crippen molar-refractivity contribution in [3.63, 3.8) is 0 Å². The molecule has 0 aliphatic carbocycles. The van der Waals surface area contributed by atoms with Crippen LogP contribution in [0.1, 0.15) is 37.1 Å². The van der Waals surface area contributed by atoms with Gasteiger partial charge in [0.25, 0.3) is 0 Å². The minimum atomic E-state index is -0.206. The predicted octanol–water partition coefficient (Wildman–Crippen LogP) is 5.01. The van der Waals surface area contributed by atoms with Crippen LogP contribution in [0.2, 0.25) is 0 Å². The number of hydrogen-bond donors (Lipinski definition) is 1. The van der Waals surface area contributed by atoms with Crippen LogP contribution in [0.4, 0.5) is 4.39 Å². The molecule has 0 heterocycles. The molecule has 0 aliphatic heterocycles. The lowest BCUT2D eigenvalue weighted by Gasteiger charge is -2.21. The zero-order valence-electron chi connectivity index (χ0n) is 12.4. The van der Waals surface area contributed by atoms with Gasteiger partial charge in [0, 0.05) is 22.1 Å². The fraction of sp³-hybridized carbons (Fsp3) is 0.294. The van der Waals surface area contributed by atoms with Crippen LogP contribution in [0.15, 0.2) is 46.9 Å². The second-order valence-corrected chi connectivity index (χ2v) is 5.97. The lowest BCUT2D eigenvalue weighted by Crippen LogP contribution is -2.23. The van der Waals surface area contributed by atoms with Crippen LogP contribution < -0.4 is 10.1 Å². The van der Waals surface area contributed by atoms with Gasteiger partial charge in [-0.2, -0.15) is 0 Å². The molecule has 2 aromatic rings. The van der Waals surface area contributed by atoms with Crippen molar-refractivity contribution >= 4 is 15.9 Å². The van der Waals surface area contributed by atoms with Crippen molar-refractivity contribution in [1.29, 1.82) is 0 Å². The number of benzene rings is 2. The van der Waals surface area contributed by atoms with Crippen LogP contribution in [0.5, 0.6) is 5.75 Å². The minimum absolute atomic E-state index is 0.0840. The normalized spacial score (nSPS) is 13.8. The molecule has 1 N–H and O–H groups in total. The summed E-state index contributed by atoms with van der Waals surface area (Å²) in [6, 6.07) is 13.0. The fourth-order valence-corrected chi connectivity index (χ4v) is 2.66. The summed E-state index contributed by atoms with van der Waals surface area (Å²) in [4.78, 5) is 0. The van der Waals surface area contributed by atoms with Gasteiger partial charge in [-0.1, -0.05) is 34.1 Å². The Balaban J connectivity index is 2.12. The molecular weight excluding hydrogens is 333 g/mol. The monoisotopic (exact) mass is 351 g/mol. The Morgan fingerprint density at radius 1 is 1.10 bits per heavy atom. The summed E-state index contributed by atoms with van der Waals surface area (Å²) < 4.78 is 20.0. The average molecular weight is 352 g/mol. The number of nitrogens with one attached hydrogen (secondary N) is 1. The van der Waals surface area contributed by atoms with Crippen molar-refractivity contribution in [2.75, 3.05) is 7.11 Å². The molecule has 1 unspecified atom stereocenters. The molecule has 0 fully saturated rings. The maximum Gasteiger partial charge on any atom is 0.129 e.